The third kappa shape index (κ3) is 5.61. The minimum atomic E-state index is 0. The maximum absolute atomic E-state index is 5.52. The molecule has 0 aliphatic carbocycles. The number of hydrogen-bond acceptors (Lipinski definition) is 2. The van der Waals surface area contributed by atoms with Crippen molar-refractivity contribution in [3.63, 3.8) is 0 Å². The van der Waals surface area contributed by atoms with Crippen molar-refractivity contribution in [2.75, 3.05) is 0 Å². The van der Waals surface area contributed by atoms with Gasteiger partial charge in [0.2, 0.25) is 0 Å². The molecule has 0 saturated heterocycles. The van der Waals surface area contributed by atoms with Gasteiger partial charge in [-0.1, -0.05) is 62.3 Å². The molecule has 0 spiro atoms. The molecule has 43 heavy (non-hydrogen) atoms. The first-order chi connectivity index (χ1) is 20.4. The van der Waals surface area contributed by atoms with Gasteiger partial charge in [-0.3, -0.25) is 4.98 Å². The molecule has 5 heterocycles. The van der Waals surface area contributed by atoms with Gasteiger partial charge in [0, 0.05) is 45.3 Å². The molecule has 224 valence electrons. The van der Waals surface area contributed by atoms with Crippen LogP contribution in [-0.2, 0) is 51.6 Å². The normalized spacial score (nSPS) is 16.6. The van der Waals surface area contributed by atoms with Gasteiger partial charge in [0.15, 0.2) is 0 Å². The Morgan fingerprint density at radius 1 is 0.512 bits per heavy atom. The van der Waals surface area contributed by atoms with E-state index in [-0.39, 0.29) is 19.5 Å². The molecule has 3 aromatic heterocycles. The van der Waals surface area contributed by atoms with Gasteiger partial charge in [-0.2, -0.15) is 0 Å². The molecular formula is C38H52N4Zn+2. The monoisotopic (exact) mass is 628 g/mol. The summed E-state index contributed by atoms with van der Waals surface area (Å²) in [6.07, 6.45) is 9.12. The summed E-state index contributed by atoms with van der Waals surface area (Å²) >= 11 is 0. The Bertz CT molecular complexity index is 1670. The third-order valence-electron chi connectivity index (χ3n) is 10.0. The summed E-state index contributed by atoms with van der Waals surface area (Å²) < 4.78 is 0. The van der Waals surface area contributed by atoms with E-state index >= 15 is 0 Å². The molecule has 2 unspecified atom stereocenters. The number of allylic oxidation sites excluding steroid dienone is 2. The third-order valence-corrected chi connectivity index (χ3v) is 10.0. The van der Waals surface area contributed by atoms with Crippen LogP contribution in [0.15, 0.2) is 18.2 Å². The predicted octanol–water partition coefficient (Wildman–Crippen LogP) is 10.5. The Kier molecular flexibility index (Phi) is 10.9. The maximum Gasteiger partial charge on any atom is 2.00 e. The summed E-state index contributed by atoms with van der Waals surface area (Å²) in [5.41, 5.74) is 19.6. The number of hydrogen-bond donors (Lipinski definition) is 2. The Hall–Kier alpha value is -2.52. The number of nitrogens with zero attached hydrogens (tertiary/aromatic N) is 2. The smallest absolute Gasteiger partial charge is 0.355 e. The van der Waals surface area contributed by atoms with Crippen molar-refractivity contribution in [3.8, 4) is 0 Å². The van der Waals surface area contributed by atoms with E-state index in [1.807, 2.05) is 0 Å². The number of H-pyrrole nitrogens is 2. The molecule has 2 N–H and O–H groups in total. The largest absolute Gasteiger partial charge is 2.00 e. The molecule has 4 nitrogen and oxygen atoms in total. The molecule has 0 fully saturated rings. The number of nitrogens with one attached hydrogen (secondary N) is 2. The van der Waals surface area contributed by atoms with Crippen molar-refractivity contribution in [2.45, 2.75) is 132 Å². The predicted molar refractivity (Wildman–Crippen MR) is 181 cm³/mol. The van der Waals surface area contributed by atoms with E-state index in [1.165, 1.54) is 78.1 Å². The van der Waals surface area contributed by atoms with E-state index in [2.05, 4.69) is 90.5 Å². The maximum atomic E-state index is 5.52. The quantitative estimate of drug-likeness (QED) is 0.231. The van der Waals surface area contributed by atoms with Crippen LogP contribution < -0.4 is 0 Å². The molecule has 0 amide bonds. The fraction of sp³-hybridized carbons (Fsp3) is 0.526. The fourth-order valence-electron chi connectivity index (χ4n) is 8.05. The van der Waals surface area contributed by atoms with Gasteiger partial charge in [-0.25, -0.2) is 4.98 Å². The summed E-state index contributed by atoms with van der Waals surface area (Å²) in [6.45, 7) is 20.7. The second-order valence-corrected chi connectivity index (χ2v) is 12.0. The number of rotatable bonds is 9. The van der Waals surface area contributed by atoms with Crippen LogP contribution in [0, 0.1) is 0 Å². The van der Waals surface area contributed by atoms with Gasteiger partial charge in [0.25, 0.3) is 0 Å². The van der Waals surface area contributed by atoms with Crippen molar-refractivity contribution in [2.24, 2.45) is 0 Å². The molecule has 8 bridgehead atoms. The molecule has 0 radical (unpaired) electrons. The van der Waals surface area contributed by atoms with E-state index in [0.29, 0.717) is 11.8 Å². The van der Waals surface area contributed by atoms with Crippen LogP contribution in [0.4, 0.5) is 0 Å². The topological polar surface area (TPSA) is 57.4 Å². The molecule has 2 aliphatic rings. The van der Waals surface area contributed by atoms with Gasteiger partial charge in [0.1, 0.15) is 0 Å². The molecule has 5 heteroatoms. The summed E-state index contributed by atoms with van der Waals surface area (Å²) in [5, 5.41) is 0. The summed E-state index contributed by atoms with van der Waals surface area (Å²) in [7, 11) is 0. The molecule has 5 rings (SSSR count). The van der Waals surface area contributed by atoms with Crippen molar-refractivity contribution in [3.05, 3.63) is 68.8 Å². The Morgan fingerprint density at radius 2 is 0.977 bits per heavy atom. The number of fused-ring (bicyclic) bond motifs is 8. The Balaban J connectivity index is 0.00000423. The van der Waals surface area contributed by atoms with Crippen LogP contribution in [0.1, 0.15) is 150 Å². The van der Waals surface area contributed by atoms with Gasteiger partial charge in [-0.05, 0) is 115 Å². The zero-order chi connectivity index (χ0) is 30.1. The van der Waals surface area contributed by atoms with Crippen LogP contribution in [0.2, 0.25) is 0 Å². The molecule has 3 aromatic rings. The van der Waals surface area contributed by atoms with Gasteiger partial charge >= 0.3 is 19.5 Å². The first kappa shape index (κ1) is 33.4. The van der Waals surface area contributed by atoms with Crippen LogP contribution in [0.25, 0.3) is 33.2 Å². The van der Waals surface area contributed by atoms with E-state index in [9.17, 15) is 0 Å². The number of aromatic nitrogens is 4. The fourth-order valence-corrected chi connectivity index (χ4v) is 8.05. The Morgan fingerprint density at radius 3 is 1.42 bits per heavy atom. The van der Waals surface area contributed by atoms with Gasteiger partial charge in [-0.15, -0.1) is 0 Å². The molecule has 0 aromatic carbocycles. The second kappa shape index (κ2) is 14.1. The zero-order valence-electron chi connectivity index (χ0n) is 28.4. The summed E-state index contributed by atoms with van der Waals surface area (Å²) in [5.74, 6) is 0.848. The first-order valence-electron chi connectivity index (χ1n) is 16.9. The molecule has 0 saturated carbocycles. The summed E-state index contributed by atoms with van der Waals surface area (Å²) in [4.78, 5) is 18.8. The van der Waals surface area contributed by atoms with Crippen molar-refractivity contribution < 1.29 is 19.5 Å². The summed E-state index contributed by atoms with van der Waals surface area (Å²) in [6, 6.07) is 7.12. The van der Waals surface area contributed by atoms with E-state index in [0.717, 1.165) is 63.5 Å². The van der Waals surface area contributed by atoms with Crippen molar-refractivity contribution >= 4 is 33.2 Å². The van der Waals surface area contributed by atoms with Crippen molar-refractivity contribution in [1.29, 1.82) is 0 Å². The standard InChI is InChI=1S/C38H52N4.Zn/c1-10-22-24(12-3)33-20-35-26(14-5)28(16-7)37(41-35)30(18-9)38-29(17-8)27(15-6)36(42-38)21-34-25(13-4)23(11-2)32(40-34)19-31(22)39-33;/h19-21,26,28,39-40H,10-18H2,1-9H3;/q;+2. The van der Waals surface area contributed by atoms with Gasteiger partial charge < -0.3 is 9.97 Å². The second-order valence-electron chi connectivity index (χ2n) is 12.0. The average Bonchev–Trinajstić information content (AvgIpc) is 3.72. The molecule has 2 aliphatic heterocycles. The van der Waals surface area contributed by atoms with Gasteiger partial charge in [0.05, 0.1) is 11.4 Å². The van der Waals surface area contributed by atoms with Crippen LogP contribution in [-0.4, -0.2) is 19.9 Å². The van der Waals surface area contributed by atoms with E-state index in [1.54, 1.807) is 0 Å². The van der Waals surface area contributed by atoms with E-state index in [4.69, 9.17) is 9.97 Å². The zero-order valence-corrected chi connectivity index (χ0v) is 31.3. The number of aryl methyl sites for hydroxylation is 4. The molecular weight excluding hydrogens is 578 g/mol. The van der Waals surface area contributed by atoms with E-state index < -0.39 is 0 Å². The number of aromatic amines is 2. The van der Waals surface area contributed by atoms with Crippen LogP contribution >= 0.6 is 0 Å². The SMILES string of the molecule is CCC1=C(CC)c2nc1cc1[nH]c(cc3[nH]c(cc4nc(c2CC)C(CC)C4CC)c(CC)c3CC)c(CC)c1CC.[Zn+2]. The Labute approximate surface area is 272 Å². The average molecular weight is 630 g/mol. The minimum absolute atomic E-state index is 0. The molecule has 2 atom stereocenters. The van der Waals surface area contributed by atoms with Crippen LogP contribution in [0.3, 0.4) is 0 Å². The first-order valence-corrected chi connectivity index (χ1v) is 16.9. The van der Waals surface area contributed by atoms with Crippen LogP contribution in [0.5, 0.6) is 0 Å². The minimum Gasteiger partial charge on any atom is -0.355 e. The van der Waals surface area contributed by atoms with Crippen molar-refractivity contribution in [1.82, 2.24) is 19.9 Å².